The van der Waals surface area contributed by atoms with E-state index in [0.717, 1.165) is 0 Å². The van der Waals surface area contributed by atoms with E-state index in [-0.39, 0.29) is 29.6 Å². The summed E-state index contributed by atoms with van der Waals surface area (Å²) < 4.78 is 21.0. The first kappa shape index (κ1) is 9.94. The van der Waals surface area contributed by atoms with Crippen LogP contribution in [0.1, 0.15) is 0 Å². The van der Waals surface area contributed by atoms with Crippen molar-refractivity contribution >= 4 is 29.6 Å². The van der Waals surface area contributed by atoms with Crippen LogP contribution < -0.4 is 0 Å². The summed E-state index contributed by atoms with van der Waals surface area (Å²) >= 11 is 0. The molecule has 0 unspecified atom stereocenters. The summed E-state index contributed by atoms with van der Waals surface area (Å²) in [4.78, 5) is 0. The van der Waals surface area contributed by atoms with E-state index in [1.165, 1.54) is 0 Å². The van der Waals surface area contributed by atoms with Gasteiger partial charge in [-0.3, -0.25) is 0 Å². The van der Waals surface area contributed by atoms with Crippen molar-refractivity contribution < 1.29 is 13.9 Å². The fourth-order valence-electron chi connectivity index (χ4n) is 0. The van der Waals surface area contributed by atoms with Crippen LogP contribution in [0.25, 0.3) is 0 Å². The van der Waals surface area contributed by atoms with Gasteiger partial charge in [-0.05, 0) is 0 Å². The average Bonchev–Trinajstić information content (AvgIpc) is 1.38. The van der Waals surface area contributed by atoms with E-state index < -0.39 is 13.0 Å². The van der Waals surface area contributed by atoms with Crippen molar-refractivity contribution in [2.24, 2.45) is 0 Å². The Hall–Kier alpha value is 0.820. The van der Waals surface area contributed by atoms with Gasteiger partial charge in [0, 0.05) is 29.6 Å². The molecule has 1 N–H and O–H groups in total. The second-order valence-electron chi connectivity index (χ2n) is 0.574. The van der Waals surface area contributed by atoms with Crippen LogP contribution in [0.15, 0.2) is 0 Å². The fraction of sp³-hybridized carbons (Fsp3) is 1.00. The third-order valence-electron chi connectivity index (χ3n) is 0.138. The molecule has 0 aliphatic heterocycles. The zero-order valence-corrected chi connectivity index (χ0v) is 5.49. The molecule has 6 heavy (non-hydrogen) atoms. The van der Waals surface area contributed by atoms with Crippen molar-refractivity contribution in [2.75, 3.05) is 6.61 Å². The first-order valence-electron chi connectivity index (χ1n) is 1.16. The average molecular weight is 105 g/mol. The zero-order valence-electron chi connectivity index (χ0n) is 3.49. The molecule has 0 spiro atoms. The Kier molecular flexibility index (Phi) is 9.65. The van der Waals surface area contributed by atoms with Gasteiger partial charge in [0.2, 0.25) is 0 Å². The van der Waals surface area contributed by atoms with E-state index in [1.54, 1.807) is 0 Å². The van der Waals surface area contributed by atoms with Crippen molar-refractivity contribution in [3.63, 3.8) is 0 Å². The summed E-state index contributed by atoms with van der Waals surface area (Å²) in [5, 5.41) is 7.39. The van der Waals surface area contributed by atoms with Gasteiger partial charge in [-0.25, -0.2) is 8.78 Å². The first-order chi connectivity index (χ1) is 2.27. The van der Waals surface area contributed by atoms with E-state index in [4.69, 9.17) is 5.11 Å². The van der Waals surface area contributed by atoms with Gasteiger partial charge in [0.1, 0.15) is 6.61 Å². The molecule has 0 aromatic carbocycles. The molecule has 0 rings (SSSR count). The van der Waals surface area contributed by atoms with Crippen molar-refractivity contribution in [1.29, 1.82) is 0 Å². The number of aliphatic hydroxyl groups is 1. The quantitative estimate of drug-likeness (QED) is 0.460. The molecule has 0 aliphatic carbocycles. The van der Waals surface area contributed by atoms with Crippen molar-refractivity contribution in [1.82, 2.24) is 0 Å². The molecule has 0 atom stereocenters. The molecule has 0 aliphatic rings. The molecule has 0 bridgehead atoms. The minimum Gasteiger partial charge on any atom is -0.390 e. The van der Waals surface area contributed by atoms with E-state index in [2.05, 4.69) is 0 Å². The Morgan fingerprint density at radius 3 is 1.67 bits per heavy atom. The molecule has 1 nitrogen and oxygen atoms in total. The van der Waals surface area contributed by atoms with Gasteiger partial charge in [-0.2, -0.15) is 0 Å². The maximum absolute atomic E-state index is 10.5. The first-order valence-corrected chi connectivity index (χ1v) is 1.16. The Morgan fingerprint density at radius 1 is 1.50 bits per heavy atom. The topological polar surface area (TPSA) is 20.2 Å². The summed E-state index contributed by atoms with van der Waals surface area (Å²) in [5.74, 6) is 0. The fourth-order valence-corrected chi connectivity index (χ4v) is 0. The Morgan fingerprint density at radius 2 is 1.67 bits per heavy atom. The van der Waals surface area contributed by atoms with Gasteiger partial charge < -0.3 is 5.11 Å². The Bertz CT molecular complexity index is 25.5. The summed E-state index contributed by atoms with van der Waals surface area (Å²) in [6.07, 6.45) is -2.56. The molecule has 0 fully saturated rings. The van der Waals surface area contributed by atoms with E-state index in [1.807, 2.05) is 0 Å². The van der Waals surface area contributed by atoms with E-state index in [9.17, 15) is 8.78 Å². The van der Waals surface area contributed by atoms with Crippen LogP contribution in [-0.2, 0) is 0 Å². The van der Waals surface area contributed by atoms with Crippen LogP contribution in [-0.4, -0.2) is 47.7 Å². The molecule has 1 radical (unpaired) electrons. The van der Waals surface area contributed by atoms with Crippen LogP contribution in [0.2, 0.25) is 0 Å². The molecule has 0 aromatic rings. The van der Waals surface area contributed by atoms with Gasteiger partial charge in [-0.1, -0.05) is 0 Å². The maximum atomic E-state index is 10.5. The summed E-state index contributed by atoms with van der Waals surface area (Å²) in [6.45, 7) is -1.03. The second kappa shape index (κ2) is 5.82. The second-order valence-corrected chi connectivity index (χ2v) is 0.574. The Balaban J connectivity index is 0. The van der Waals surface area contributed by atoms with Crippen molar-refractivity contribution in [2.45, 2.75) is 6.43 Å². The summed E-state index contributed by atoms with van der Waals surface area (Å²) in [6, 6.07) is 0. The minimum atomic E-state index is -2.56. The third-order valence-corrected chi connectivity index (χ3v) is 0.138. The normalized spacial score (nSPS) is 8.00. The van der Waals surface area contributed by atoms with Gasteiger partial charge in [-0.15, -0.1) is 0 Å². The number of hydrogen-bond donors (Lipinski definition) is 1. The van der Waals surface area contributed by atoms with Crippen molar-refractivity contribution in [3.05, 3.63) is 0 Å². The van der Waals surface area contributed by atoms with Crippen LogP contribution in [0.5, 0.6) is 0 Å². The van der Waals surface area contributed by atoms with Gasteiger partial charge in [0.25, 0.3) is 6.43 Å². The van der Waals surface area contributed by atoms with Crippen LogP contribution in [0, 0.1) is 0 Å². The predicted octanol–water partition coefficient (Wildman–Crippen LogP) is -0.137. The molecule has 4 heteroatoms. The van der Waals surface area contributed by atoms with E-state index >= 15 is 0 Å². The third kappa shape index (κ3) is 8.84. The molecule has 0 saturated carbocycles. The van der Waals surface area contributed by atoms with Gasteiger partial charge >= 0.3 is 0 Å². The van der Waals surface area contributed by atoms with Crippen LogP contribution >= 0.6 is 0 Å². The van der Waals surface area contributed by atoms with Gasteiger partial charge in [0.05, 0.1) is 0 Å². The largest absolute Gasteiger partial charge is 0.390 e. The predicted molar refractivity (Wildman–Crippen MR) is 18.8 cm³/mol. The maximum Gasteiger partial charge on any atom is 0.261 e. The molecular weight excluding hydrogens is 101 g/mol. The number of aliphatic hydroxyl groups excluding tert-OH is 1. The van der Waals surface area contributed by atoms with Crippen molar-refractivity contribution in [3.8, 4) is 0 Å². The standard InChI is InChI=1S/C2H4F2O.Na/c3-2(4)1-5;/h2,5H,1H2;. The Labute approximate surface area is 56.6 Å². The molecule has 0 saturated heterocycles. The number of alkyl halides is 2. The molecular formula is C2H4F2NaO. The minimum absolute atomic E-state index is 0. The van der Waals surface area contributed by atoms with E-state index in [0.29, 0.717) is 0 Å². The molecule has 0 aromatic heterocycles. The summed E-state index contributed by atoms with van der Waals surface area (Å²) in [7, 11) is 0. The molecule has 0 heterocycles. The number of halogens is 2. The van der Waals surface area contributed by atoms with Crippen LogP contribution in [0.3, 0.4) is 0 Å². The number of rotatable bonds is 1. The van der Waals surface area contributed by atoms with Gasteiger partial charge in [0.15, 0.2) is 0 Å². The monoisotopic (exact) mass is 105 g/mol. The summed E-state index contributed by atoms with van der Waals surface area (Å²) in [5.41, 5.74) is 0. The number of hydrogen-bond acceptors (Lipinski definition) is 1. The molecule has 33 valence electrons. The smallest absolute Gasteiger partial charge is 0.261 e. The van der Waals surface area contributed by atoms with Crippen LogP contribution in [0.4, 0.5) is 8.78 Å². The molecule has 0 amide bonds. The zero-order chi connectivity index (χ0) is 4.28. The SMILES string of the molecule is OCC(F)F.[Na].